The highest BCUT2D eigenvalue weighted by atomic mass is 32.2. The quantitative estimate of drug-likeness (QED) is 0.718. The summed E-state index contributed by atoms with van der Waals surface area (Å²) in [6.45, 7) is 1.93. The number of rotatable bonds is 8. The van der Waals surface area contributed by atoms with Crippen molar-refractivity contribution in [1.82, 2.24) is 14.6 Å². The Hall–Kier alpha value is -2.00. The van der Waals surface area contributed by atoms with Crippen LogP contribution in [0.2, 0.25) is 0 Å². The third kappa shape index (κ3) is 5.00. The van der Waals surface area contributed by atoms with Gasteiger partial charge in [-0.2, -0.15) is 0 Å². The van der Waals surface area contributed by atoms with Crippen molar-refractivity contribution < 1.29 is 23.1 Å². The van der Waals surface area contributed by atoms with E-state index in [1.54, 1.807) is 0 Å². The first-order chi connectivity index (χ1) is 10.7. The van der Waals surface area contributed by atoms with Gasteiger partial charge in [-0.1, -0.05) is 19.8 Å². The number of aliphatic carboxylic acids is 1. The summed E-state index contributed by atoms with van der Waals surface area (Å²) in [5.41, 5.74) is 0.102. The van der Waals surface area contributed by atoms with Crippen LogP contribution in [0.15, 0.2) is 23.4 Å². The molecule has 0 bridgehead atoms. The first-order valence-corrected chi connectivity index (χ1v) is 8.56. The normalized spacial score (nSPS) is 12.9. The molecule has 128 valence electrons. The maximum Gasteiger partial charge on any atom is 0.326 e. The largest absolute Gasteiger partial charge is 0.480 e. The van der Waals surface area contributed by atoms with E-state index in [1.807, 2.05) is 6.92 Å². The van der Waals surface area contributed by atoms with Crippen molar-refractivity contribution in [2.24, 2.45) is 0 Å². The minimum Gasteiger partial charge on any atom is -0.480 e. The maximum absolute atomic E-state index is 12.0. The molecule has 1 heterocycles. The highest BCUT2D eigenvalue weighted by Crippen LogP contribution is 2.11. The second kappa shape index (κ2) is 8.02. The minimum absolute atomic E-state index is 0.102. The molecule has 0 saturated heterocycles. The van der Waals surface area contributed by atoms with Crippen LogP contribution in [0.3, 0.4) is 0 Å². The molecule has 1 aromatic heterocycles. The predicted molar refractivity (Wildman–Crippen MR) is 83.5 cm³/mol. The SMILES string of the molecule is CCCC[C@H](NC(=O)c1ccc(S(=O)(=O)N(C)C)nc1)C(=O)O. The molecule has 23 heavy (non-hydrogen) atoms. The number of pyridine rings is 1. The molecule has 0 aromatic carbocycles. The summed E-state index contributed by atoms with van der Waals surface area (Å²) in [5.74, 6) is -1.71. The Kier molecular flexibility index (Phi) is 6.64. The van der Waals surface area contributed by atoms with Crippen molar-refractivity contribution >= 4 is 21.9 Å². The lowest BCUT2D eigenvalue weighted by atomic mass is 10.1. The molecule has 0 fully saturated rings. The van der Waals surface area contributed by atoms with E-state index in [1.165, 1.54) is 26.2 Å². The van der Waals surface area contributed by atoms with Crippen LogP contribution in [-0.4, -0.2) is 54.8 Å². The fraction of sp³-hybridized carbons (Fsp3) is 0.500. The monoisotopic (exact) mass is 343 g/mol. The number of sulfonamides is 1. The van der Waals surface area contributed by atoms with Gasteiger partial charge in [0, 0.05) is 20.3 Å². The van der Waals surface area contributed by atoms with Gasteiger partial charge in [0.2, 0.25) is 0 Å². The molecule has 0 saturated carbocycles. The van der Waals surface area contributed by atoms with Crippen molar-refractivity contribution in [1.29, 1.82) is 0 Å². The van der Waals surface area contributed by atoms with E-state index in [9.17, 15) is 18.0 Å². The topological polar surface area (TPSA) is 117 Å². The number of nitrogens with zero attached hydrogens (tertiary/aromatic N) is 2. The molecule has 8 nitrogen and oxygen atoms in total. The smallest absolute Gasteiger partial charge is 0.326 e. The Morgan fingerprint density at radius 1 is 1.35 bits per heavy atom. The molecule has 0 spiro atoms. The summed E-state index contributed by atoms with van der Waals surface area (Å²) in [4.78, 5) is 26.9. The molecule has 1 amide bonds. The van der Waals surface area contributed by atoms with E-state index in [0.29, 0.717) is 12.8 Å². The highest BCUT2D eigenvalue weighted by Gasteiger charge is 2.22. The standard InChI is InChI=1S/C14H21N3O5S/c1-4-5-6-11(14(19)20)16-13(18)10-7-8-12(15-9-10)23(21,22)17(2)3/h7-9,11H,4-6H2,1-3H3,(H,16,18)(H,19,20)/t11-/m0/s1. The second-order valence-electron chi connectivity index (χ2n) is 5.18. The van der Waals surface area contributed by atoms with E-state index in [0.717, 1.165) is 16.9 Å². The van der Waals surface area contributed by atoms with E-state index in [-0.39, 0.29) is 10.6 Å². The van der Waals surface area contributed by atoms with Gasteiger partial charge < -0.3 is 10.4 Å². The van der Waals surface area contributed by atoms with Crippen molar-refractivity contribution in [2.45, 2.75) is 37.3 Å². The van der Waals surface area contributed by atoms with Crippen LogP contribution >= 0.6 is 0 Å². The Morgan fingerprint density at radius 3 is 2.43 bits per heavy atom. The van der Waals surface area contributed by atoms with Crippen LogP contribution in [0.1, 0.15) is 36.5 Å². The molecule has 0 aliphatic carbocycles. The van der Waals surface area contributed by atoms with E-state index in [4.69, 9.17) is 5.11 Å². The lowest BCUT2D eigenvalue weighted by molar-refractivity contribution is -0.139. The third-order valence-corrected chi connectivity index (χ3v) is 4.92. The number of hydrogen-bond acceptors (Lipinski definition) is 5. The minimum atomic E-state index is -3.67. The average molecular weight is 343 g/mol. The molecule has 0 radical (unpaired) electrons. The molecule has 0 aliphatic rings. The number of unbranched alkanes of at least 4 members (excludes halogenated alkanes) is 1. The number of aromatic nitrogens is 1. The van der Waals surface area contributed by atoms with Crippen molar-refractivity contribution in [2.75, 3.05) is 14.1 Å². The van der Waals surface area contributed by atoms with Gasteiger partial charge in [0.05, 0.1) is 5.56 Å². The van der Waals surface area contributed by atoms with Gasteiger partial charge in [0.25, 0.3) is 15.9 Å². The number of hydrogen-bond donors (Lipinski definition) is 2. The van der Waals surface area contributed by atoms with Crippen molar-refractivity contribution in [3.05, 3.63) is 23.9 Å². The van der Waals surface area contributed by atoms with Crippen LogP contribution in [-0.2, 0) is 14.8 Å². The first-order valence-electron chi connectivity index (χ1n) is 7.12. The number of carboxylic acids is 1. The fourth-order valence-corrected chi connectivity index (χ4v) is 2.56. The van der Waals surface area contributed by atoms with Crippen LogP contribution in [0.25, 0.3) is 0 Å². The van der Waals surface area contributed by atoms with Gasteiger partial charge in [-0.05, 0) is 18.6 Å². The molecule has 0 unspecified atom stereocenters. The van der Waals surface area contributed by atoms with Crippen LogP contribution in [0, 0.1) is 0 Å². The summed E-state index contributed by atoms with van der Waals surface area (Å²) >= 11 is 0. The Morgan fingerprint density at radius 2 is 2.00 bits per heavy atom. The van der Waals surface area contributed by atoms with E-state index >= 15 is 0 Å². The van der Waals surface area contributed by atoms with Gasteiger partial charge in [-0.15, -0.1) is 0 Å². The summed E-state index contributed by atoms with van der Waals surface area (Å²) in [5, 5.41) is 11.3. The van der Waals surface area contributed by atoms with Crippen molar-refractivity contribution in [3.63, 3.8) is 0 Å². The lowest BCUT2D eigenvalue weighted by Gasteiger charge is -2.14. The first kappa shape index (κ1) is 19.0. The summed E-state index contributed by atoms with van der Waals surface area (Å²) in [6, 6.07) is 1.54. The van der Waals surface area contributed by atoms with Gasteiger partial charge in [-0.3, -0.25) is 4.79 Å². The number of carboxylic acid groups (broad SMARTS) is 1. The highest BCUT2D eigenvalue weighted by molar-refractivity contribution is 7.89. The lowest BCUT2D eigenvalue weighted by Crippen LogP contribution is -2.40. The second-order valence-corrected chi connectivity index (χ2v) is 7.28. The summed E-state index contributed by atoms with van der Waals surface area (Å²) in [7, 11) is -0.916. The molecular formula is C14H21N3O5S. The van der Waals surface area contributed by atoms with Gasteiger partial charge in [0.15, 0.2) is 5.03 Å². The number of amides is 1. The molecule has 2 N–H and O–H groups in total. The summed E-state index contributed by atoms with van der Waals surface area (Å²) in [6.07, 6.45) is 2.94. The Balaban J connectivity index is 2.87. The predicted octanol–water partition coefficient (Wildman–Crippen LogP) is 0.705. The van der Waals surface area contributed by atoms with Crippen LogP contribution in [0.5, 0.6) is 0 Å². The molecule has 0 aliphatic heterocycles. The molecular weight excluding hydrogens is 322 g/mol. The van der Waals surface area contributed by atoms with Gasteiger partial charge in [0.1, 0.15) is 6.04 Å². The zero-order chi connectivity index (χ0) is 17.6. The van der Waals surface area contributed by atoms with Gasteiger partial charge in [-0.25, -0.2) is 22.5 Å². The van der Waals surface area contributed by atoms with Crippen LogP contribution < -0.4 is 5.32 Å². The summed E-state index contributed by atoms with van der Waals surface area (Å²) < 4.78 is 24.8. The Bertz CT molecular complexity index is 655. The Labute approximate surface area is 135 Å². The molecule has 1 aromatic rings. The van der Waals surface area contributed by atoms with Crippen molar-refractivity contribution in [3.8, 4) is 0 Å². The maximum atomic E-state index is 12.0. The number of carbonyl (C=O) groups is 2. The number of carbonyl (C=O) groups excluding carboxylic acids is 1. The van der Waals surface area contributed by atoms with E-state index < -0.39 is 27.9 Å². The molecule has 9 heteroatoms. The zero-order valence-electron chi connectivity index (χ0n) is 13.3. The van der Waals surface area contributed by atoms with Gasteiger partial charge >= 0.3 is 5.97 Å². The van der Waals surface area contributed by atoms with E-state index in [2.05, 4.69) is 10.3 Å². The molecule has 1 rings (SSSR count). The molecule has 1 atom stereocenters. The zero-order valence-corrected chi connectivity index (χ0v) is 14.1. The third-order valence-electron chi connectivity index (χ3n) is 3.19. The fourth-order valence-electron chi connectivity index (χ4n) is 1.76. The number of nitrogens with one attached hydrogen (secondary N) is 1. The average Bonchev–Trinajstić information content (AvgIpc) is 2.50. The van der Waals surface area contributed by atoms with Crippen LogP contribution in [0.4, 0.5) is 0 Å².